The fraction of sp³-hybridized carbons (Fsp3) is 0.889. The van der Waals surface area contributed by atoms with Crippen molar-refractivity contribution in [2.24, 2.45) is 5.92 Å². The number of hydrogen-bond acceptors (Lipinski definition) is 4. The van der Waals surface area contributed by atoms with E-state index in [0.717, 1.165) is 12.8 Å². The summed E-state index contributed by atoms with van der Waals surface area (Å²) in [6, 6.07) is 0. The Balaban J connectivity index is 2.45. The molecule has 1 unspecified atom stereocenters. The first kappa shape index (κ1) is 10.5. The Morgan fingerprint density at radius 1 is 1.62 bits per heavy atom. The Bertz CT molecular complexity index is 180. The molecule has 1 saturated heterocycles. The van der Waals surface area contributed by atoms with Crippen LogP contribution in [0.3, 0.4) is 0 Å². The average Bonchev–Trinajstić information content (AvgIpc) is 2.15. The van der Waals surface area contributed by atoms with Crippen molar-refractivity contribution in [1.82, 2.24) is 0 Å². The summed E-state index contributed by atoms with van der Waals surface area (Å²) in [4.78, 5) is 11.1. The Kier molecular flexibility index (Phi) is 3.69. The van der Waals surface area contributed by atoms with Crippen molar-refractivity contribution < 1.29 is 19.4 Å². The van der Waals surface area contributed by atoms with E-state index in [-0.39, 0.29) is 18.0 Å². The van der Waals surface area contributed by atoms with Crippen LogP contribution in [0.5, 0.6) is 0 Å². The second kappa shape index (κ2) is 4.58. The molecule has 1 rings (SSSR count). The fourth-order valence-electron chi connectivity index (χ4n) is 1.54. The summed E-state index contributed by atoms with van der Waals surface area (Å²) in [6.07, 6.45) is 1.45. The highest BCUT2D eigenvalue weighted by Crippen LogP contribution is 2.23. The Morgan fingerprint density at radius 2 is 2.31 bits per heavy atom. The van der Waals surface area contributed by atoms with Crippen LogP contribution >= 0.6 is 0 Å². The molecule has 0 spiro atoms. The largest absolute Gasteiger partial charge is 0.469 e. The van der Waals surface area contributed by atoms with E-state index in [1.165, 1.54) is 7.11 Å². The number of hydrogen-bond donors (Lipinski definition) is 1. The lowest BCUT2D eigenvalue weighted by Crippen LogP contribution is -2.36. The van der Waals surface area contributed by atoms with Gasteiger partial charge >= 0.3 is 5.97 Å². The molecule has 0 aromatic rings. The van der Waals surface area contributed by atoms with Gasteiger partial charge in [0.05, 0.1) is 19.1 Å². The minimum atomic E-state index is -0.717. The summed E-state index contributed by atoms with van der Waals surface area (Å²) < 4.78 is 9.83. The predicted molar refractivity (Wildman–Crippen MR) is 45.9 cm³/mol. The van der Waals surface area contributed by atoms with E-state index in [2.05, 4.69) is 4.74 Å². The second-order valence-corrected chi connectivity index (χ2v) is 3.37. The van der Waals surface area contributed by atoms with Crippen LogP contribution in [-0.4, -0.2) is 30.6 Å². The molecular formula is C9H16O4. The molecule has 0 amide bonds. The van der Waals surface area contributed by atoms with Crippen LogP contribution in [0.15, 0.2) is 0 Å². The first-order valence-corrected chi connectivity index (χ1v) is 4.56. The minimum Gasteiger partial charge on any atom is -0.469 e. The number of rotatable bonds is 2. The lowest BCUT2D eigenvalue weighted by Gasteiger charge is -2.29. The zero-order valence-electron chi connectivity index (χ0n) is 8.03. The van der Waals surface area contributed by atoms with Crippen LogP contribution in [0.1, 0.15) is 26.2 Å². The van der Waals surface area contributed by atoms with Crippen molar-refractivity contribution in [3.8, 4) is 0 Å². The summed E-state index contributed by atoms with van der Waals surface area (Å²) in [6.45, 7) is 1.76. The van der Waals surface area contributed by atoms with Gasteiger partial charge in [-0.2, -0.15) is 0 Å². The lowest BCUT2D eigenvalue weighted by atomic mass is 9.97. The molecule has 13 heavy (non-hydrogen) atoms. The number of ether oxygens (including phenoxy) is 2. The van der Waals surface area contributed by atoms with Crippen molar-refractivity contribution in [2.75, 3.05) is 7.11 Å². The molecule has 76 valence electrons. The maximum Gasteiger partial charge on any atom is 0.311 e. The molecular weight excluding hydrogens is 172 g/mol. The van der Waals surface area contributed by atoms with Crippen molar-refractivity contribution in [2.45, 2.75) is 38.6 Å². The van der Waals surface area contributed by atoms with Gasteiger partial charge in [-0.1, -0.05) is 0 Å². The van der Waals surface area contributed by atoms with E-state index in [0.29, 0.717) is 6.42 Å². The quantitative estimate of drug-likeness (QED) is 0.647. The summed E-state index contributed by atoms with van der Waals surface area (Å²) in [5.74, 6) is -0.570. The smallest absolute Gasteiger partial charge is 0.311 e. The zero-order valence-corrected chi connectivity index (χ0v) is 8.03. The molecule has 4 nitrogen and oxygen atoms in total. The van der Waals surface area contributed by atoms with Gasteiger partial charge in [0.25, 0.3) is 0 Å². The molecule has 1 aliphatic heterocycles. The summed E-state index contributed by atoms with van der Waals surface area (Å²) in [5.41, 5.74) is 0. The molecule has 1 N–H and O–H groups in total. The van der Waals surface area contributed by atoms with E-state index >= 15 is 0 Å². The molecule has 0 aliphatic carbocycles. The first-order chi connectivity index (χ1) is 6.15. The van der Waals surface area contributed by atoms with Crippen molar-refractivity contribution in [3.63, 3.8) is 0 Å². The van der Waals surface area contributed by atoms with Gasteiger partial charge in [-0.15, -0.1) is 0 Å². The molecule has 0 radical (unpaired) electrons. The minimum absolute atomic E-state index is 0.198. The first-order valence-electron chi connectivity index (χ1n) is 4.56. The summed E-state index contributed by atoms with van der Waals surface area (Å²) >= 11 is 0. The van der Waals surface area contributed by atoms with Crippen LogP contribution in [0.2, 0.25) is 0 Å². The maximum absolute atomic E-state index is 11.1. The maximum atomic E-state index is 11.1. The van der Waals surface area contributed by atoms with Gasteiger partial charge in [-0.3, -0.25) is 4.79 Å². The van der Waals surface area contributed by atoms with Crippen LogP contribution in [0.4, 0.5) is 0 Å². The third kappa shape index (κ3) is 2.67. The standard InChI is InChI=1S/C9H16O4/c1-6(9(11)12-2)7-4-3-5-8(10)13-7/h6-8,10H,3-5H2,1-2H3/t6-,7+,8?/m0/s1. The Morgan fingerprint density at radius 3 is 2.85 bits per heavy atom. The average molecular weight is 188 g/mol. The van der Waals surface area contributed by atoms with Crippen LogP contribution in [0.25, 0.3) is 0 Å². The van der Waals surface area contributed by atoms with E-state index in [4.69, 9.17) is 4.74 Å². The normalized spacial score (nSPS) is 31.0. The predicted octanol–water partition coefficient (Wildman–Crippen LogP) is 0.683. The Hall–Kier alpha value is -0.610. The van der Waals surface area contributed by atoms with Gasteiger partial charge in [0.15, 0.2) is 6.29 Å². The number of methoxy groups -OCH3 is 1. The van der Waals surface area contributed by atoms with E-state index in [1.807, 2.05) is 0 Å². The second-order valence-electron chi connectivity index (χ2n) is 3.37. The molecule has 1 aliphatic rings. The van der Waals surface area contributed by atoms with Gasteiger partial charge in [0.1, 0.15) is 0 Å². The van der Waals surface area contributed by atoms with Crippen molar-refractivity contribution >= 4 is 5.97 Å². The summed E-state index contributed by atoms with van der Waals surface area (Å²) in [5, 5.41) is 9.21. The molecule has 3 atom stereocenters. The topological polar surface area (TPSA) is 55.8 Å². The van der Waals surface area contributed by atoms with Crippen LogP contribution < -0.4 is 0 Å². The SMILES string of the molecule is COC(=O)[C@@H](C)[C@H]1CCCC(O)O1. The highest BCUT2D eigenvalue weighted by Gasteiger charge is 2.30. The number of aliphatic hydroxyl groups excluding tert-OH is 1. The molecule has 0 saturated carbocycles. The van der Waals surface area contributed by atoms with Crippen LogP contribution in [-0.2, 0) is 14.3 Å². The van der Waals surface area contributed by atoms with E-state index in [1.54, 1.807) is 6.92 Å². The summed E-state index contributed by atoms with van der Waals surface area (Å²) in [7, 11) is 1.36. The fourth-order valence-corrected chi connectivity index (χ4v) is 1.54. The third-order valence-electron chi connectivity index (χ3n) is 2.40. The number of carbonyl (C=O) groups is 1. The van der Waals surface area contributed by atoms with Gasteiger partial charge < -0.3 is 14.6 Å². The van der Waals surface area contributed by atoms with E-state index in [9.17, 15) is 9.90 Å². The van der Waals surface area contributed by atoms with Gasteiger partial charge in [0.2, 0.25) is 0 Å². The number of esters is 1. The van der Waals surface area contributed by atoms with Gasteiger partial charge in [-0.05, 0) is 26.2 Å². The van der Waals surface area contributed by atoms with Crippen molar-refractivity contribution in [3.05, 3.63) is 0 Å². The molecule has 1 fully saturated rings. The molecule has 0 bridgehead atoms. The van der Waals surface area contributed by atoms with Crippen molar-refractivity contribution in [1.29, 1.82) is 0 Å². The number of carbonyl (C=O) groups excluding carboxylic acids is 1. The molecule has 1 heterocycles. The highest BCUT2D eigenvalue weighted by molar-refractivity contribution is 5.72. The highest BCUT2D eigenvalue weighted by atomic mass is 16.6. The van der Waals surface area contributed by atoms with Gasteiger partial charge in [0, 0.05) is 0 Å². The molecule has 0 aromatic carbocycles. The molecule has 0 aromatic heterocycles. The van der Waals surface area contributed by atoms with Crippen LogP contribution in [0, 0.1) is 5.92 Å². The third-order valence-corrected chi connectivity index (χ3v) is 2.40. The van der Waals surface area contributed by atoms with Gasteiger partial charge in [-0.25, -0.2) is 0 Å². The Labute approximate surface area is 77.8 Å². The number of aliphatic hydroxyl groups is 1. The molecule has 4 heteroatoms. The monoisotopic (exact) mass is 188 g/mol. The van der Waals surface area contributed by atoms with E-state index < -0.39 is 6.29 Å². The zero-order chi connectivity index (χ0) is 9.84. The lowest BCUT2D eigenvalue weighted by molar-refractivity contribution is -0.186.